The molecule has 0 aliphatic heterocycles. The number of pyridine rings is 1. The van der Waals surface area contributed by atoms with E-state index in [0.29, 0.717) is 5.82 Å². The maximum absolute atomic E-state index is 11.7. The molecular formula is C12H16BrN5O3. The van der Waals surface area contributed by atoms with Gasteiger partial charge in [0.15, 0.2) is 0 Å². The molecule has 114 valence electrons. The SMILES string of the molecule is CN(CC(=O)Nc1ccc(Br)cn1)C(=O)CNC(=O)CN. The van der Waals surface area contributed by atoms with Gasteiger partial charge in [-0.25, -0.2) is 4.98 Å². The van der Waals surface area contributed by atoms with E-state index in [1.165, 1.54) is 11.9 Å². The molecule has 21 heavy (non-hydrogen) atoms. The number of nitrogens with two attached hydrogens (primary N) is 1. The summed E-state index contributed by atoms with van der Waals surface area (Å²) >= 11 is 3.23. The van der Waals surface area contributed by atoms with Crippen LogP contribution in [0.3, 0.4) is 0 Å². The van der Waals surface area contributed by atoms with Crippen molar-refractivity contribution < 1.29 is 14.4 Å². The third kappa shape index (κ3) is 6.32. The molecule has 0 fully saturated rings. The van der Waals surface area contributed by atoms with E-state index in [1.54, 1.807) is 18.3 Å². The van der Waals surface area contributed by atoms with E-state index in [-0.39, 0.29) is 25.5 Å². The van der Waals surface area contributed by atoms with Crippen molar-refractivity contribution in [3.05, 3.63) is 22.8 Å². The van der Waals surface area contributed by atoms with E-state index >= 15 is 0 Å². The number of rotatable bonds is 6. The van der Waals surface area contributed by atoms with Crippen LogP contribution >= 0.6 is 15.9 Å². The van der Waals surface area contributed by atoms with Crippen molar-refractivity contribution in [2.24, 2.45) is 5.73 Å². The van der Waals surface area contributed by atoms with Crippen LogP contribution < -0.4 is 16.4 Å². The van der Waals surface area contributed by atoms with Crippen LogP contribution in [0.25, 0.3) is 0 Å². The van der Waals surface area contributed by atoms with Crippen LogP contribution in [0.4, 0.5) is 5.82 Å². The predicted octanol–water partition coefficient (Wildman–Crippen LogP) is -0.684. The van der Waals surface area contributed by atoms with Gasteiger partial charge >= 0.3 is 0 Å². The number of aromatic nitrogens is 1. The first-order valence-corrected chi connectivity index (χ1v) is 6.84. The molecule has 1 heterocycles. The van der Waals surface area contributed by atoms with Crippen molar-refractivity contribution in [2.75, 3.05) is 32.0 Å². The Morgan fingerprint density at radius 2 is 2.05 bits per heavy atom. The molecule has 0 saturated heterocycles. The summed E-state index contributed by atoms with van der Waals surface area (Å²) in [4.78, 5) is 39.5. The Labute approximate surface area is 130 Å². The Morgan fingerprint density at radius 1 is 1.33 bits per heavy atom. The maximum atomic E-state index is 11.7. The number of amides is 3. The van der Waals surface area contributed by atoms with E-state index in [1.807, 2.05) is 0 Å². The molecule has 0 spiro atoms. The van der Waals surface area contributed by atoms with Crippen LogP contribution in [0.2, 0.25) is 0 Å². The molecule has 0 radical (unpaired) electrons. The van der Waals surface area contributed by atoms with Crippen LogP contribution in [-0.4, -0.2) is 54.3 Å². The average Bonchev–Trinajstić information content (AvgIpc) is 2.46. The minimum atomic E-state index is -0.430. The highest BCUT2D eigenvalue weighted by atomic mass is 79.9. The zero-order valence-electron chi connectivity index (χ0n) is 11.4. The molecule has 0 bridgehead atoms. The highest BCUT2D eigenvalue weighted by Gasteiger charge is 2.13. The zero-order valence-corrected chi connectivity index (χ0v) is 13.0. The Kier molecular flexibility index (Phi) is 6.76. The molecule has 0 aliphatic carbocycles. The number of hydrogen-bond acceptors (Lipinski definition) is 5. The van der Waals surface area contributed by atoms with Crippen molar-refractivity contribution in [3.8, 4) is 0 Å². The molecule has 3 amide bonds. The van der Waals surface area contributed by atoms with Gasteiger partial charge in [-0.1, -0.05) is 0 Å². The third-order valence-electron chi connectivity index (χ3n) is 2.42. The standard InChI is InChI=1S/C12H16BrN5O3/c1-18(12(21)6-16-10(19)4-14)7-11(20)17-9-3-2-8(13)5-15-9/h2-3,5H,4,6-7,14H2,1H3,(H,16,19)(H,15,17,20). The first kappa shape index (κ1) is 17.1. The van der Waals surface area contributed by atoms with E-state index in [4.69, 9.17) is 5.73 Å². The second-order valence-corrected chi connectivity index (χ2v) is 5.06. The van der Waals surface area contributed by atoms with Gasteiger partial charge in [-0.2, -0.15) is 0 Å². The largest absolute Gasteiger partial charge is 0.346 e. The maximum Gasteiger partial charge on any atom is 0.245 e. The minimum absolute atomic E-state index is 0.144. The van der Waals surface area contributed by atoms with Gasteiger partial charge in [-0.3, -0.25) is 14.4 Å². The summed E-state index contributed by atoms with van der Waals surface area (Å²) in [6, 6.07) is 3.37. The van der Waals surface area contributed by atoms with Gasteiger partial charge in [-0.05, 0) is 28.1 Å². The van der Waals surface area contributed by atoms with E-state index in [9.17, 15) is 14.4 Å². The molecule has 1 aromatic rings. The zero-order chi connectivity index (χ0) is 15.8. The van der Waals surface area contributed by atoms with Gasteiger partial charge in [0.25, 0.3) is 0 Å². The number of anilines is 1. The summed E-state index contributed by atoms with van der Waals surface area (Å²) in [7, 11) is 1.46. The summed E-state index contributed by atoms with van der Waals surface area (Å²) in [5.74, 6) is -0.817. The van der Waals surface area contributed by atoms with Gasteiger partial charge < -0.3 is 21.3 Å². The van der Waals surface area contributed by atoms with E-state index in [2.05, 4.69) is 31.5 Å². The van der Waals surface area contributed by atoms with Gasteiger partial charge in [0, 0.05) is 17.7 Å². The Hall–Kier alpha value is -2.00. The second-order valence-electron chi connectivity index (χ2n) is 4.14. The fourth-order valence-corrected chi connectivity index (χ4v) is 1.55. The number of nitrogens with one attached hydrogen (secondary N) is 2. The molecule has 0 saturated carbocycles. The first-order valence-electron chi connectivity index (χ1n) is 6.04. The quantitative estimate of drug-likeness (QED) is 0.623. The fraction of sp³-hybridized carbons (Fsp3) is 0.333. The average molecular weight is 358 g/mol. The molecule has 0 aromatic carbocycles. The summed E-state index contributed by atoms with van der Waals surface area (Å²) in [6.07, 6.45) is 1.55. The molecule has 1 rings (SSSR count). The number of likely N-dealkylation sites (N-methyl/N-ethyl adjacent to an activating group) is 1. The Bertz CT molecular complexity index is 520. The van der Waals surface area contributed by atoms with Crippen molar-refractivity contribution in [1.82, 2.24) is 15.2 Å². The summed E-state index contributed by atoms with van der Waals surface area (Å²) in [5.41, 5.74) is 5.10. The molecule has 8 nitrogen and oxygen atoms in total. The van der Waals surface area contributed by atoms with Gasteiger partial charge in [0.1, 0.15) is 5.82 Å². The number of carbonyl (C=O) groups is 3. The second kappa shape index (κ2) is 8.32. The molecule has 1 aromatic heterocycles. The smallest absolute Gasteiger partial charge is 0.245 e. The lowest BCUT2D eigenvalue weighted by atomic mass is 10.4. The van der Waals surface area contributed by atoms with Crippen LogP contribution in [-0.2, 0) is 14.4 Å². The van der Waals surface area contributed by atoms with Crippen molar-refractivity contribution in [2.45, 2.75) is 0 Å². The topological polar surface area (TPSA) is 117 Å². The van der Waals surface area contributed by atoms with Crippen LogP contribution in [0.5, 0.6) is 0 Å². The van der Waals surface area contributed by atoms with E-state index in [0.717, 1.165) is 4.47 Å². The van der Waals surface area contributed by atoms with Gasteiger partial charge in [0.2, 0.25) is 17.7 Å². The molecule has 9 heteroatoms. The normalized spacial score (nSPS) is 9.86. The molecular weight excluding hydrogens is 342 g/mol. The molecule has 0 atom stereocenters. The Balaban J connectivity index is 2.41. The molecule has 0 aliphatic rings. The summed E-state index contributed by atoms with van der Waals surface area (Å²) < 4.78 is 0.795. The lowest BCUT2D eigenvalue weighted by Crippen LogP contribution is -2.42. The first-order chi connectivity index (χ1) is 9.92. The van der Waals surface area contributed by atoms with E-state index < -0.39 is 11.8 Å². The number of carbonyl (C=O) groups excluding carboxylic acids is 3. The minimum Gasteiger partial charge on any atom is -0.346 e. The van der Waals surface area contributed by atoms with Crippen molar-refractivity contribution in [3.63, 3.8) is 0 Å². The predicted molar refractivity (Wildman–Crippen MR) is 80.3 cm³/mol. The van der Waals surface area contributed by atoms with Crippen LogP contribution in [0.1, 0.15) is 0 Å². The highest BCUT2D eigenvalue weighted by Crippen LogP contribution is 2.10. The van der Waals surface area contributed by atoms with Crippen molar-refractivity contribution in [1.29, 1.82) is 0 Å². The van der Waals surface area contributed by atoms with Crippen LogP contribution in [0, 0.1) is 0 Å². The third-order valence-corrected chi connectivity index (χ3v) is 2.89. The Morgan fingerprint density at radius 3 is 2.62 bits per heavy atom. The number of hydrogen-bond donors (Lipinski definition) is 3. The number of nitrogens with zero attached hydrogens (tertiary/aromatic N) is 2. The fourth-order valence-electron chi connectivity index (χ4n) is 1.32. The van der Waals surface area contributed by atoms with Gasteiger partial charge in [-0.15, -0.1) is 0 Å². The van der Waals surface area contributed by atoms with Crippen LogP contribution in [0.15, 0.2) is 22.8 Å². The molecule has 0 unspecified atom stereocenters. The van der Waals surface area contributed by atoms with Crippen molar-refractivity contribution >= 4 is 39.5 Å². The highest BCUT2D eigenvalue weighted by molar-refractivity contribution is 9.10. The lowest BCUT2D eigenvalue weighted by molar-refractivity contribution is -0.134. The summed E-state index contributed by atoms with van der Waals surface area (Å²) in [5, 5.41) is 4.90. The van der Waals surface area contributed by atoms with Gasteiger partial charge in [0.05, 0.1) is 19.6 Å². The summed E-state index contributed by atoms with van der Waals surface area (Å²) in [6.45, 7) is -0.530. The number of halogens is 1. The molecule has 4 N–H and O–H groups in total. The monoisotopic (exact) mass is 357 g/mol. The lowest BCUT2D eigenvalue weighted by Gasteiger charge is -2.16.